The van der Waals surface area contributed by atoms with Crippen molar-refractivity contribution >= 4 is 0 Å². The lowest BCUT2D eigenvalue weighted by molar-refractivity contribution is -0.760. The van der Waals surface area contributed by atoms with Gasteiger partial charge >= 0.3 is 5.82 Å². The van der Waals surface area contributed by atoms with E-state index in [0.29, 0.717) is 0 Å². The molecule has 94 valence electrons. The summed E-state index contributed by atoms with van der Waals surface area (Å²) in [4.78, 5) is 0. The lowest BCUT2D eigenvalue weighted by atomic mass is 9.66. The van der Waals surface area contributed by atoms with Crippen LogP contribution in [0.3, 0.4) is 0 Å². The minimum atomic E-state index is 0.00491. The molecule has 2 heterocycles. The van der Waals surface area contributed by atoms with Gasteiger partial charge in [0.05, 0.1) is 18.2 Å². The molecule has 1 aliphatic heterocycles. The van der Waals surface area contributed by atoms with Gasteiger partial charge in [-0.1, -0.05) is 32.0 Å². The molecule has 18 heavy (non-hydrogen) atoms. The summed E-state index contributed by atoms with van der Waals surface area (Å²) in [5.41, 5.74) is 2.71. The van der Waals surface area contributed by atoms with Crippen LogP contribution in [-0.4, -0.2) is 9.78 Å². The summed E-state index contributed by atoms with van der Waals surface area (Å²) in [6, 6.07) is 8.61. The van der Waals surface area contributed by atoms with Crippen LogP contribution in [0.15, 0.2) is 30.6 Å². The third kappa shape index (κ3) is 1.19. The van der Waals surface area contributed by atoms with Crippen LogP contribution in [0.2, 0.25) is 0 Å². The van der Waals surface area contributed by atoms with Crippen molar-refractivity contribution in [3.8, 4) is 11.4 Å². The summed E-state index contributed by atoms with van der Waals surface area (Å²) in [7, 11) is 1.98. The number of hydrogen-bond acceptors (Lipinski definition) is 1. The molecule has 3 heteroatoms. The molecule has 0 unspecified atom stereocenters. The molecule has 0 bridgehead atoms. The zero-order valence-electron chi connectivity index (χ0n) is 11.7. The van der Waals surface area contributed by atoms with E-state index in [4.69, 9.17) is 0 Å². The Balaban J connectivity index is 2.42. The van der Waals surface area contributed by atoms with E-state index in [1.165, 1.54) is 11.1 Å². The molecule has 0 spiro atoms. The van der Waals surface area contributed by atoms with Crippen LogP contribution in [0.1, 0.15) is 33.3 Å². The van der Waals surface area contributed by atoms with E-state index in [0.717, 1.165) is 5.82 Å². The Morgan fingerprint density at radius 3 is 2.50 bits per heavy atom. The summed E-state index contributed by atoms with van der Waals surface area (Å²) >= 11 is 0. The Kier molecular flexibility index (Phi) is 2.05. The number of fused-ring (bicyclic) bond motifs is 3. The van der Waals surface area contributed by atoms with E-state index < -0.39 is 0 Å². The molecule has 0 aliphatic carbocycles. The van der Waals surface area contributed by atoms with Crippen molar-refractivity contribution in [3.05, 3.63) is 36.2 Å². The van der Waals surface area contributed by atoms with Crippen molar-refractivity contribution in [1.82, 2.24) is 9.78 Å². The molecule has 0 radical (unpaired) electrons. The average Bonchev–Trinajstić information content (AvgIpc) is 2.70. The molecule has 1 aromatic carbocycles. The Hall–Kier alpha value is -1.64. The van der Waals surface area contributed by atoms with E-state index in [-0.39, 0.29) is 11.0 Å². The van der Waals surface area contributed by atoms with Gasteiger partial charge in [0, 0.05) is 10.5 Å². The number of hydrogen-bond donors (Lipinski definition) is 0. The highest BCUT2D eigenvalue weighted by Gasteiger charge is 2.50. The van der Waals surface area contributed by atoms with Gasteiger partial charge in [0.1, 0.15) is 0 Å². The monoisotopic (exact) mass is 242 g/mol. The predicted molar refractivity (Wildman–Crippen MR) is 71.2 cm³/mol. The quantitative estimate of drug-likeness (QED) is 0.650. The Morgan fingerprint density at radius 1 is 1.11 bits per heavy atom. The van der Waals surface area contributed by atoms with Crippen LogP contribution in [-0.2, 0) is 18.0 Å². The number of aryl methyl sites for hydroxylation is 1. The summed E-state index contributed by atoms with van der Waals surface area (Å²) < 4.78 is 4.20. The molecular formula is C15H20N3+. The van der Waals surface area contributed by atoms with Gasteiger partial charge in [-0.15, -0.1) is 4.68 Å². The second-order valence-electron chi connectivity index (χ2n) is 6.21. The number of aromatic nitrogens is 3. The van der Waals surface area contributed by atoms with Gasteiger partial charge in [-0.2, -0.15) is 0 Å². The first kappa shape index (κ1) is 11.5. The van der Waals surface area contributed by atoms with Crippen LogP contribution in [0, 0.1) is 0 Å². The van der Waals surface area contributed by atoms with Gasteiger partial charge in [0.15, 0.2) is 0 Å². The normalized spacial score (nSPS) is 19.2. The van der Waals surface area contributed by atoms with Gasteiger partial charge in [0.25, 0.3) is 0 Å². The first-order valence-electron chi connectivity index (χ1n) is 6.41. The molecule has 2 aromatic rings. The largest absolute Gasteiger partial charge is 0.309 e. The van der Waals surface area contributed by atoms with Crippen LogP contribution >= 0.6 is 0 Å². The summed E-state index contributed by atoms with van der Waals surface area (Å²) in [6.07, 6.45) is 2.09. The van der Waals surface area contributed by atoms with Gasteiger partial charge in [0.2, 0.25) is 6.33 Å². The first-order valence-corrected chi connectivity index (χ1v) is 6.41. The first-order chi connectivity index (χ1) is 8.35. The molecule has 0 atom stereocenters. The zero-order valence-corrected chi connectivity index (χ0v) is 11.7. The van der Waals surface area contributed by atoms with E-state index in [1.807, 2.05) is 11.7 Å². The van der Waals surface area contributed by atoms with Crippen LogP contribution in [0.5, 0.6) is 0 Å². The molecule has 3 rings (SSSR count). The Bertz CT molecular complexity index is 620. The summed E-state index contributed by atoms with van der Waals surface area (Å²) in [5.74, 6) is 1.07. The van der Waals surface area contributed by atoms with Gasteiger partial charge in [-0.25, -0.2) is 4.57 Å². The third-order valence-electron chi connectivity index (χ3n) is 4.74. The van der Waals surface area contributed by atoms with Crippen LogP contribution in [0.4, 0.5) is 0 Å². The maximum Gasteiger partial charge on any atom is 0.309 e. The summed E-state index contributed by atoms with van der Waals surface area (Å²) in [5, 5.41) is 4.63. The second kappa shape index (κ2) is 3.22. The minimum absolute atomic E-state index is 0.00491. The minimum Gasteiger partial charge on any atom is -0.225 e. The average molecular weight is 242 g/mol. The highest BCUT2D eigenvalue weighted by molar-refractivity contribution is 5.61. The predicted octanol–water partition coefficient (Wildman–Crippen LogP) is 2.40. The van der Waals surface area contributed by atoms with Crippen molar-refractivity contribution in [2.75, 3.05) is 0 Å². The zero-order chi connectivity index (χ0) is 13.1. The van der Waals surface area contributed by atoms with E-state index in [1.54, 1.807) is 0 Å². The van der Waals surface area contributed by atoms with Gasteiger partial charge in [-0.05, 0) is 25.5 Å². The number of nitrogens with zero attached hydrogens (tertiary/aromatic N) is 3. The lowest BCUT2D eigenvalue weighted by Crippen LogP contribution is -2.64. The molecular weight excluding hydrogens is 222 g/mol. The molecule has 1 aliphatic rings. The fourth-order valence-corrected chi connectivity index (χ4v) is 2.89. The maximum absolute atomic E-state index is 4.63. The van der Waals surface area contributed by atoms with Gasteiger partial charge < -0.3 is 0 Å². The van der Waals surface area contributed by atoms with E-state index in [9.17, 15) is 0 Å². The van der Waals surface area contributed by atoms with E-state index in [2.05, 4.69) is 68.0 Å². The SMILES string of the molecule is Cn1c[n+]2c(n1)-c1ccccc1C(C)(C)C2(C)C. The maximum atomic E-state index is 4.63. The van der Waals surface area contributed by atoms with Gasteiger partial charge in [-0.3, -0.25) is 0 Å². The molecule has 0 N–H and O–H groups in total. The molecule has 0 amide bonds. The van der Waals surface area contributed by atoms with Crippen LogP contribution < -0.4 is 4.57 Å². The standard InChI is InChI=1S/C15H20N3/c1-14(2)12-9-7-6-8-11(12)13-16-17(5)10-18(13)15(14,3)4/h6-10H,1-5H3/q+1. The fourth-order valence-electron chi connectivity index (χ4n) is 2.89. The van der Waals surface area contributed by atoms with Crippen molar-refractivity contribution in [2.24, 2.45) is 7.05 Å². The highest BCUT2D eigenvalue weighted by Crippen LogP contribution is 2.44. The fraction of sp³-hybridized carbons (Fsp3) is 0.467. The van der Waals surface area contributed by atoms with Crippen molar-refractivity contribution in [1.29, 1.82) is 0 Å². The number of rotatable bonds is 0. The molecule has 0 saturated carbocycles. The van der Waals surface area contributed by atoms with Crippen molar-refractivity contribution < 1.29 is 4.57 Å². The Morgan fingerprint density at radius 2 is 1.78 bits per heavy atom. The summed E-state index contributed by atoms with van der Waals surface area (Å²) in [6.45, 7) is 9.20. The van der Waals surface area contributed by atoms with E-state index >= 15 is 0 Å². The van der Waals surface area contributed by atoms with Crippen LogP contribution in [0.25, 0.3) is 11.4 Å². The lowest BCUT2D eigenvalue weighted by Gasteiger charge is -2.44. The van der Waals surface area contributed by atoms with Crippen molar-refractivity contribution in [3.63, 3.8) is 0 Å². The molecule has 3 nitrogen and oxygen atoms in total. The highest BCUT2D eigenvalue weighted by atomic mass is 15.4. The Labute approximate surface area is 108 Å². The molecule has 1 aromatic heterocycles. The second-order valence-corrected chi connectivity index (χ2v) is 6.21. The smallest absolute Gasteiger partial charge is 0.225 e. The molecule has 0 fully saturated rings. The third-order valence-corrected chi connectivity index (χ3v) is 4.74. The number of benzene rings is 1. The molecule has 0 saturated heterocycles. The topological polar surface area (TPSA) is 21.7 Å². The van der Waals surface area contributed by atoms with Crippen molar-refractivity contribution in [2.45, 2.75) is 38.6 Å².